The van der Waals surface area contributed by atoms with Gasteiger partial charge in [-0.1, -0.05) is 30.3 Å². The molecule has 1 fully saturated rings. The molecule has 1 aromatic carbocycles. The van der Waals surface area contributed by atoms with Crippen LogP contribution in [0.15, 0.2) is 65.0 Å². The Bertz CT molecular complexity index is 1160. The first-order valence-electron chi connectivity index (χ1n) is 10.1. The van der Waals surface area contributed by atoms with Crippen molar-refractivity contribution in [1.82, 2.24) is 14.6 Å². The predicted molar refractivity (Wildman–Crippen MR) is 120 cm³/mol. The molecule has 0 saturated carbocycles. The van der Waals surface area contributed by atoms with E-state index in [-0.39, 0.29) is 16.7 Å². The molecular weight excluding hydrogens is 450 g/mol. The Balaban J connectivity index is 1.34. The Hall–Kier alpha value is -2.79. The van der Waals surface area contributed by atoms with Gasteiger partial charge in [0, 0.05) is 35.8 Å². The largest absolute Gasteiger partial charge is 0.473 e. The van der Waals surface area contributed by atoms with Gasteiger partial charge in [-0.2, -0.15) is 4.31 Å². The zero-order valence-electron chi connectivity index (χ0n) is 17.3. The lowest BCUT2D eigenvalue weighted by molar-refractivity contribution is 0.0731. The van der Waals surface area contributed by atoms with Crippen molar-refractivity contribution in [3.8, 4) is 5.88 Å². The number of nitrogens with one attached hydrogen (secondary N) is 1. The number of thiophene rings is 1. The first-order valence-corrected chi connectivity index (χ1v) is 12.4. The van der Waals surface area contributed by atoms with Gasteiger partial charge in [0.2, 0.25) is 5.88 Å². The van der Waals surface area contributed by atoms with Gasteiger partial charge in [-0.05, 0) is 23.8 Å². The van der Waals surface area contributed by atoms with Crippen molar-refractivity contribution in [2.24, 2.45) is 0 Å². The molecule has 10 heteroatoms. The molecule has 1 aliphatic heterocycles. The summed E-state index contributed by atoms with van der Waals surface area (Å²) in [5.74, 6) is 0.0689. The average molecular weight is 474 g/mol. The predicted octanol–water partition coefficient (Wildman–Crippen LogP) is 2.67. The van der Waals surface area contributed by atoms with Crippen LogP contribution < -0.4 is 10.1 Å². The van der Waals surface area contributed by atoms with Gasteiger partial charge in [-0.25, -0.2) is 13.4 Å². The normalized spacial score (nSPS) is 14.8. The molecule has 0 atom stereocenters. The lowest BCUT2D eigenvalue weighted by Crippen LogP contribution is -2.40. The van der Waals surface area contributed by atoms with Crippen LogP contribution in [0.5, 0.6) is 5.88 Å². The van der Waals surface area contributed by atoms with Gasteiger partial charge in [0.1, 0.15) is 10.8 Å². The number of ether oxygens (including phenoxy) is 2. The van der Waals surface area contributed by atoms with Gasteiger partial charge in [0.25, 0.3) is 15.9 Å². The van der Waals surface area contributed by atoms with Crippen molar-refractivity contribution in [2.75, 3.05) is 26.3 Å². The summed E-state index contributed by atoms with van der Waals surface area (Å²) in [7, 11) is -3.53. The van der Waals surface area contributed by atoms with Crippen molar-refractivity contribution in [1.29, 1.82) is 0 Å². The van der Waals surface area contributed by atoms with E-state index in [0.717, 1.165) is 21.8 Å². The fourth-order valence-corrected chi connectivity index (χ4v) is 5.99. The van der Waals surface area contributed by atoms with Crippen LogP contribution in [0.25, 0.3) is 0 Å². The van der Waals surface area contributed by atoms with Crippen molar-refractivity contribution >= 4 is 27.3 Å². The van der Waals surface area contributed by atoms with E-state index in [9.17, 15) is 13.2 Å². The van der Waals surface area contributed by atoms with E-state index in [1.165, 1.54) is 10.5 Å². The molecule has 1 N–H and O–H groups in total. The zero-order chi connectivity index (χ0) is 22.4. The minimum Gasteiger partial charge on any atom is -0.473 e. The molecule has 1 amide bonds. The van der Waals surface area contributed by atoms with Crippen LogP contribution in [0.3, 0.4) is 0 Å². The molecule has 0 aliphatic carbocycles. The summed E-state index contributed by atoms with van der Waals surface area (Å²) < 4.78 is 38.1. The molecule has 0 unspecified atom stereocenters. The molecule has 1 aliphatic rings. The lowest BCUT2D eigenvalue weighted by atomic mass is 10.2. The Morgan fingerprint density at radius 3 is 2.69 bits per heavy atom. The van der Waals surface area contributed by atoms with Crippen LogP contribution in [-0.2, 0) is 27.9 Å². The van der Waals surface area contributed by atoms with Crippen molar-refractivity contribution in [3.05, 3.63) is 76.8 Å². The van der Waals surface area contributed by atoms with Crippen LogP contribution in [0, 0.1) is 0 Å². The summed E-state index contributed by atoms with van der Waals surface area (Å²) in [6.45, 7) is 2.08. The molecular formula is C22H23N3O5S2. The van der Waals surface area contributed by atoms with E-state index in [4.69, 9.17) is 9.47 Å². The van der Waals surface area contributed by atoms with Gasteiger partial charge in [-0.15, -0.1) is 11.3 Å². The number of hydrogen-bond donors (Lipinski definition) is 1. The zero-order valence-corrected chi connectivity index (χ0v) is 18.9. The maximum Gasteiger partial charge on any atom is 0.252 e. The van der Waals surface area contributed by atoms with Gasteiger partial charge in [0.15, 0.2) is 0 Å². The summed E-state index contributed by atoms with van der Waals surface area (Å²) in [6, 6.07) is 16.2. The molecule has 2 aromatic heterocycles. The van der Waals surface area contributed by atoms with E-state index in [1.54, 1.807) is 24.3 Å². The average Bonchev–Trinajstić information content (AvgIpc) is 3.33. The number of aromatic nitrogens is 1. The third-order valence-corrected chi connectivity index (χ3v) is 8.30. The number of amides is 1. The highest BCUT2D eigenvalue weighted by Gasteiger charge is 2.27. The van der Waals surface area contributed by atoms with Crippen LogP contribution in [0.1, 0.15) is 20.8 Å². The number of hydrogen-bond acceptors (Lipinski definition) is 7. The van der Waals surface area contributed by atoms with E-state index >= 15 is 0 Å². The molecule has 4 rings (SSSR count). The minimum atomic E-state index is -3.53. The highest BCUT2D eigenvalue weighted by atomic mass is 32.2. The number of pyridine rings is 1. The summed E-state index contributed by atoms with van der Waals surface area (Å²) in [4.78, 5) is 17.5. The van der Waals surface area contributed by atoms with Gasteiger partial charge >= 0.3 is 0 Å². The summed E-state index contributed by atoms with van der Waals surface area (Å²) in [5.41, 5.74) is 1.42. The van der Waals surface area contributed by atoms with Gasteiger partial charge < -0.3 is 14.8 Å². The Labute approximate surface area is 190 Å². The molecule has 3 heterocycles. The first kappa shape index (κ1) is 22.4. The quantitative estimate of drug-likeness (QED) is 0.540. The SMILES string of the molecule is O=C(NCc1ccc(S(=O)(=O)N2CCOCC2)s1)c1ccnc(OCc2ccccc2)c1. The van der Waals surface area contributed by atoms with Crippen molar-refractivity contribution in [2.45, 2.75) is 17.4 Å². The first-order chi connectivity index (χ1) is 15.5. The standard InChI is InChI=1S/C22H23N3O5S2/c26-22(18-8-9-23-20(14-18)30-16-17-4-2-1-3-5-17)24-15-19-6-7-21(31-19)32(27,28)25-10-12-29-13-11-25/h1-9,14H,10-13,15-16H2,(H,24,26). The Kier molecular flexibility index (Phi) is 7.15. The molecule has 0 radical (unpaired) electrons. The fraction of sp³-hybridized carbons (Fsp3) is 0.273. The number of nitrogens with zero attached hydrogens (tertiary/aromatic N) is 2. The molecule has 3 aromatic rings. The molecule has 168 valence electrons. The second-order valence-corrected chi connectivity index (χ2v) is 10.4. The third kappa shape index (κ3) is 5.52. The monoisotopic (exact) mass is 473 g/mol. The van der Waals surface area contributed by atoms with Gasteiger partial charge in [0.05, 0.1) is 19.8 Å². The van der Waals surface area contributed by atoms with Crippen molar-refractivity contribution in [3.63, 3.8) is 0 Å². The van der Waals surface area contributed by atoms with Crippen LogP contribution in [0.4, 0.5) is 0 Å². The number of sulfonamides is 1. The smallest absolute Gasteiger partial charge is 0.252 e. The van der Waals surface area contributed by atoms with Crippen molar-refractivity contribution < 1.29 is 22.7 Å². The third-order valence-electron chi connectivity index (χ3n) is 4.85. The maximum atomic E-state index is 12.7. The number of rotatable bonds is 8. The number of carbonyl (C=O) groups excluding carboxylic acids is 1. The van der Waals surface area contributed by atoms with E-state index in [2.05, 4.69) is 10.3 Å². The summed E-state index contributed by atoms with van der Waals surface area (Å²) in [5, 5.41) is 2.82. The summed E-state index contributed by atoms with van der Waals surface area (Å²) >= 11 is 1.16. The number of morpholine rings is 1. The Morgan fingerprint density at radius 1 is 1.12 bits per heavy atom. The van der Waals surface area contributed by atoms with E-state index in [0.29, 0.717) is 44.4 Å². The summed E-state index contributed by atoms with van der Waals surface area (Å²) in [6.07, 6.45) is 1.52. The fourth-order valence-electron chi connectivity index (χ4n) is 3.14. The lowest BCUT2D eigenvalue weighted by Gasteiger charge is -2.25. The molecule has 32 heavy (non-hydrogen) atoms. The molecule has 8 nitrogen and oxygen atoms in total. The number of benzene rings is 1. The second kappa shape index (κ2) is 10.2. The highest BCUT2D eigenvalue weighted by molar-refractivity contribution is 7.91. The molecule has 0 spiro atoms. The maximum absolute atomic E-state index is 12.7. The van der Waals surface area contributed by atoms with E-state index in [1.807, 2.05) is 30.3 Å². The second-order valence-electron chi connectivity index (χ2n) is 7.08. The molecule has 1 saturated heterocycles. The topological polar surface area (TPSA) is 97.8 Å². The van der Waals surface area contributed by atoms with Crippen LogP contribution >= 0.6 is 11.3 Å². The number of carbonyl (C=O) groups is 1. The van der Waals surface area contributed by atoms with Crippen LogP contribution in [0.2, 0.25) is 0 Å². The van der Waals surface area contributed by atoms with Gasteiger partial charge in [-0.3, -0.25) is 4.79 Å². The highest BCUT2D eigenvalue weighted by Crippen LogP contribution is 2.25. The van der Waals surface area contributed by atoms with E-state index < -0.39 is 10.0 Å². The van der Waals surface area contributed by atoms with Crippen LogP contribution in [-0.4, -0.2) is 49.9 Å². The Morgan fingerprint density at radius 2 is 1.91 bits per heavy atom. The molecule has 0 bridgehead atoms. The minimum absolute atomic E-state index is 0.227.